The zero-order valence-electron chi connectivity index (χ0n) is 9.10. The molecule has 0 atom stereocenters. The Bertz CT molecular complexity index is 190. The molecule has 1 rings (SSSR count). The summed E-state index contributed by atoms with van der Waals surface area (Å²) in [7, 11) is 0. The van der Waals surface area contributed by atoms with Gasteiger partial charge in [0.05, 0.1) is 0 Å². The van der Waals surface area contributed by atoms with E-state index in [0.29, 0.717) is 0 Å². The van der Waals surface area contributed by atoms with Gasteiger partial charge in [-0.05, 0) is 39.5 Å². The molecule has 0 unspecified atom stereocenters. The summed E-state index contributed by atoms with van der Waals surface area (Å²) < 4.78 is 14.3. The van der Waals surface area contributed by atoms with Gasteiger partial charge in [0, 0.05) is 2.74 Å². The molecule has 0 heteroatoms. The van der Waals surface area contributed by atoms with Crippen LogP contribution < -0.4 is 0 Å². The molecule has 0 aromatic heterocycles. The lowest BCUT2D eigenvalue weighted by molar-refractivity contribution is 0.599. The van der Waals surface area contributed by atoms with Crippen molar-refractivity contribution in [3.63, 3.8) is 0 Å². The summed E-state index contributed by atoms with van der Waals surface area (Å²) in [6.45, 7) is 0.542. The molecule has 0 aromatic rings. The summed E-state index contributed by atoms with van der Waals surface area (Å²) in [5.74, 6) is 0. The van der Waals surface area contributed by atoms with Gasteiger partial charge in [-0.2, -0.15) is 0 Å². The molecule has 0 nitrogen and oxygen atoms in total. The Hall–Kier alpha value is -0.520. The average Bonchev–Trinajstić information content (AvgIpc) is 2.21. The van der Waals surface area contributed by atoms with E-state index in [1.165, 1.54) is 37.7 Å². The molecular weight excluding hydrogens is 132 g/mol. The van der Waals surface area contributed by atoms with Crippen molar-refractivity contribution in [2.24, 2.45) is 0 Å². The largest absolute Gasteiger partial charge is 0.0764 e. The maximum atomic E-state index is 7.16. The number of allylic oxidation sites excluding steroid dienone is 4. The molecule has 1 aliphatic rings. The van der Waals surface area contributed by atoms with Gasteiger partial charge in [0.15, 0.2) is 0 Å². The first kappa shape index (κ1) is 6.05. The van der Waals surface area contributed by atoms with Crippen LogP contribution in [0.25, 0.3) is 0 Å². The van der Waals surface area contributed by atoms with Crippen LogP contribution in [0.2, 0.25) is 0 Å². The van der Waals surface area contributed by atoms with Crippen LogP contribution in [-0.2, 0) is 0 Å². The second kappa shape index (κ2) is 4.38. The van der Waals surface area contributed by atoms with Crippen molar-refractivity contribution in [2.75, 3.05) is 0 Å². The fraction of sp³-hybridized carbons (Fsp3) is 0.636. The Morgan fingerprint density at radius 2 is 2.00 bits per heavy atom. The highest BCUT2D eigenvalue weighted by atomic mass is 14.1. The van der Waals surface area contributed by atoms with E-state index in [9.17, 15) is 0 Å². The van der Waals surface area contributed by atoms with E-state index < -0.39 is 0 Å². The van der Waals surface area contributed by atoms with Gasteiger partial charge in [0.2, 0.25) is 0 Å². The molecule has 0 amide bonds. The van der Waals surface area contributed by atoms with Crippen LogP contribution in [0.5, 0.6) is 0 Å². The topological polar surface area (TPSA) is 0 Å². The van der Waals surface area contributed by atoms with Crippen LogP contribution >= 0.6 is 0 Å². The van der Waals surface area contributed by atoms with E-state index in [-0.39, 0.29) is 13.8 Å². The van der Waals surface area contributed by atoms with Crippen molar-refractivity contribution in [3.05, 3.63) is 23.3 Å². The molecule has 11 heavy (non-hydrogen) atoms. The van der Waals surface area contributed by atoms with Gasteiger partial charge in [-0.1, -0.05) is 29.7 Å². The minimum absolute atomic E-state index is 0.271. The van der Waals surface area contributed by atoms with Gasteiger partial charge < -0.3 is 0 Å². The molecule has 0 bridgehead atoms. The first-order valence-corrected chi connectivity index (χ1v) is 4.32. The molecule has 0 spiro atoms. The van der Waals surface area contributed by atoms with E-state index in [4.69, 9.17) is 2.74 Å². The van der Waals surface area contributed by atoms with Crippen molar-refractivity contribution in [1.29, 1.82) is 0 Å². The fourth-order valence-corrected chi connectivity index (χ4v) is 1.41. The number of hydrogen-bond donors (Lipinski definition) is 0. The van der Waals surface area contributed by atoms with Crippen LogP contribution in [0.4, 0.5) is 0 Å². The van der Waals surface area contributed by atoms with Crippen molar-refractivity contribution in [2.45, 2.75) is 45.9 Å². The van der Waals surface area contributed by atoms with Crippen molar-refractivity contribution >= 4 is 0 Å². The third-order valence-electron chi connectivity index (χ3n) is 2.05. The maximum absolute atomic E-state index is 7.16. The molecule has 0 aromatic carbocycles. The van der Waals surface area contributed by atoms with E-state index in [1.54, 1.807) is 0 Å². The molecule has 62 valence electrons. The molecule has 0 radical (unpaired) electrons. The summed E-state index contributed by atoms with van der Waals surface area (Å²) in [6, 6.07) is 0. The van der Waals surface area contributed by atoms with Crippen LogP contribution in [0.3, 0.4) is 0 Å². The third-order valence-corrected chi connectivity index (χ3v) is 2.05. The van der Waals surface area contributed by atoms with Gasteiger partial charge in [0.1, 0.15) is 0 Å². The fourth-order valence-electron chi connectivity index (χ4n) is 1.41. The second-order valence-electron chi connectivity index (χ2n) is 3.21. The summed E-state index contributed by atoms with van der Waals surface area (Å²) in [4.78, 5) is 0. The van der Waals surface area contributed by atoms with Gasteiger partial charge in [-0.15, -0.1) is 0 Å². The van der Waals surface area contributed by atoms with E-state index in [1.807, 2.05) is 6.08 Å². The summed E-state index contributed by atoms with van der Waals surface area (Å²) >= 11 is 0. The lowest BCUT2D eigenvalue weighted by atomic mass is 9.94. The summed E-state index contributed by atoms with van der Waals surface area (Å²) in [5, 5.41) is 0. The van der Waals surface area contributed by atoms with Gasteiger partial charge >= 0.3 is 0 Å². The van der Waals surface area contributed by atoms with Crippen LogP contribution in [0.15, 0.2) is 23.3 Å². The molecule has 1 aliphatic carbocycles. The van der Waals surface area contributed by atoms with Crippen LogP contribution in [0, 0.1) is 0 Å². The van der Waals surface area contributed by atoms with Gasteiger partial charge in [-0.3, -0.25) is 0 Å². The van der Waals surface area contributed by atoms with Crippen LogP contribution in [-0.4, -0.2) is 0 Å². The van der Waals surface area contributed by atoms with E-state index in [0.717, 1.165) is 5.57 Å². The second-order valence-corrected chi connectivity index (χ2v) is 3.21. The highest BCUT2D eigenvalue weighted by Crippen LogP contribution is 2.22. The van der Waals surface area contributed by atoms with Crippen molar-refractivity contribution in [1.82, 2.24) is 0 Å². The lowest BCUT2D eigenvalue weighted by Gasteiger charge is -2.12. The minimum Gasteiger partial charge on any atom is -0.0764 e. The Kier molecular flexibility index (Phi) is 2.41. The standard InChI is InChI=1S/C11H18/c1-10(2)8-9-11-6-4-3-5-7-11/h8-9H,3-7H2,1-2H3/i1D,2D. The Balaban J connectivity index is 2.48. The van der Waals surface area contributed by atoms with Gasteiger partial charge in [0.25, 0.3) is 0 Å². The van der Waals surface area contributed by atoms with E-state index >= 15 is 0 Å². The monoisotopic (exact) mass is 152 g/mol. The normalized spacial score (nSPS) is 20.2. The third kappa shape index (κ3) is 3.41. The molecule has 1 saturated carbocycles. The van der Waals surface area contributed by atoms with Crippen molar-refractivity contribution in [3.8, 4) is 0 Å². The summed E-state index contributed by atoms with van der Waals surface area (Å²) in [6.07, 6.45) is 10.6. The number of hydrogen-bond acceptors (Lipinski definition) is 0. The highest BCUT2D eigenvalue weighted by molar-refractivity contribution is 5.16. The first-order valence-electron chi connectivity index (χ1n) is 5.74. The van der Waals surface area contributed by atoms with E-state index in [2.05, 4.69) is 6.08 Å². The van der Waals surface area contributed by atoms with Crippen LogP contribution in [0.1, 0.15) is 48.6 Å². The Labute approximate surface area is 72.8 Å². The first-order chi connectivity index (χ1) is 6.36. The van der Waals surface area contributed by atoms with Gasteiger partial charge in [-0.25, -0.2) is 0 Å². The predicted molar refractivity (Wildman–Crippen MR) is 50.6 cm³/mol. The molecule has 0 aliphatic heterocycles. The summed E-state index contributed by atoms with van der Waals surface area (Å²) in [5.41, 5.74) is 2.42. The molecule has 1 fully saturated rings. The molecule has 0 saturated heterocycles. The maximum Gasteiger partial charge on any atom is 0.0276 e. The zero-order valence-corrected chi connectivity index (χ0v) is 7.10. The van der Waals surface area contributed by atoms with Crippen molar-refractivity contribution < 1.29 is 2.74 Å². The molecule has 0 N–H and O–H groups in total. The minimum atomic E-state index is 0.271. The Morgan fingerprint density at radius 1 is 1.27 bits per heavy atom. The SMILES string of the molecule is [2H]CC(=CC=C1CCCCC1)C[2H]. The zero-order chi connectivity index (χ0) is 9.52. The average molecular weight is 152 g/mol. The number of rotatable bonds is 1. The molecular formula is C11H18. The lowest BCUT2D eigenvalue weighted by Crippen LogP contribution is -1.92. The molecule has 0 heterocycles. The quantitative estimate of drug-likeness (QED) is 0.535. The highest BCUT2D eigenvalue weighted by Gasteiger charge is 2.02. The predicted octanol–water partition coefficient (Wildman–Crippen LogP) is 3.84. The Morgan fingerprint density at radius 3 is 2.64 bits per heavy atom. The smallest absolute Gasteiger partial charge is 0.0276 e.